The van der Waals surface area contributed by atoms with Crippen LogP contribution in [0.5, 0.6) is 5.75 Å². The van der Waals surface area contributed by atoms with Crippen molar-refractivity contribution in [1.29, 1.82) is 0 Å². The summed E-state index contributed by atoms with van der Waals surface area (Å²) in [5, 5.41) is 9.99. The molecule has 1 aromatic carbocycles. The Hall–Kier alpha value is -1.10. The zero-order valence-corrected chi connectivity index (χ0v) is 9.45. The predicted molar refractivity (Wildman–Crippen MR) is 59.2 cm³/mol. The topological polar surface area (TPSA) is 58.7 Å². The van der Waals surface area contributed by atoms with Crippen LogP contribution in [0.15, 0.2) is 12.1 Å². The third kappa shape index (κ3) is 2.92. The standard InChI is InChI=1S/C11H18N2O2/c1-8-4-5-9(7-15-12)11(14)10(8)6-13(2)3/h4-5,14H,6-7,12H2,1-3H3. The van der Waals surface area contributed by atoms with Crippen molar-refractivity contribution in [3.8, 4) is 5.75 Å². The van der Waals surface area contributed by atoms with Crippen LogP contribution in [0.2, 0.25) is 0 Å². The lowest BCUT2D eigenvalue weighted by Gasteiger charge is -2.16. The highest BCUT2D eigenvalue weighted by atomic mass is 16.6. The molecule has 15 heavy (non-hydrogen) atoms. The van der Waals surface area contributed by atoms with Crippen molar-refractivity contribution >= 4 is 0 Å². The monoisotopic (exact) mass is 210 g/mol. The second kappa shape index (κ2) is 5.11. The molecule has 0 aromatic heterocycles. The summed E-state index contributed by atoms with van der Waals surface area (Å²) in [5.74, 6) is 5.28. The number of nitrogens with zero attached hydrogens (tertiary/aromatic N) is 1. The Balaban J connectivity index is 3.06. The summed E-state index contributed by atoms with van der Waals surface area (Å²) in [4.78, 5) is 6.54. The fourth-order valence-electron chi connectivity index (χ4n) is 1.51. The van der Waals surface area contributed by atoms with Crippen molar-refractivity contribution in [2.24, 2.45) is 5.90 Å². The molecule has 0 spiro atoms. The number of hydrogen-bond donors (Lipinski definition) is 2. The summed E-state index contributed by atoms with van der Waals surface area (Å²) in [6.07, 6.45) is 0. The fraction of sp³-hybridized carbons (Fsp3) is 0.455. The molecule has 0 aliphatic heterocycles. The Morgan fingerprint density at radius 3 is 2.60 bits per heavy atom. The van der Waals surface area contributed by atoms with E-state index >= 15 is 0 Å². The van der Waals surface area contributed by atoms with E-state index in [1.54, 1.807) is 0 Å². The number of phenols is 1. The van der Waals surface area contributed by atoms with Crippen molar-refractivity contribution in [3.63, 3.8) is 0 Å². The Morgan fingerprint density at radius 1 is 1.40 bits per heavy atom. The maximum atomic E-state index is 9.99. The normalized spacial score (nSPS) is 11.0. The minimum Gasteiger partial charge on any atom is -0.507 e. The van der Waals surface area contributed by atoms with E-state index in [2.05, 4.69) is 4.84 Å². The summed E-state index contributed by atoms with van der Waals surface area (Å²) in [6.45, 7) is 2.91. The number of benzene rings is 1. The van der Waals surface area contributed by atoms with Gasteiger partial charge in [-0.05, 0) is 26.6 Å². The maximum absolute atomic E-state index is 9.99. The molecular weight excluding hydrogens is 192 g/mol. The predicted octanol–water partition coefficient (Wildman–Crippen LogP) is 1.15. The summed E-state index contributed by atoms with van der Waals surface area (Å²) in [7, 11) is 3.93. The van der Waals surface area contributed by atoms with Gasteiger partial charge in [0.2, 0.25) is 0 Å². The van der Waals surface area contributed by atoms with Gasteiger partial charge in [0.15, 0.2) is 0 Å². The van der Waals surface area contributed by atoms with E-state index in [1.807, 2.05) is 38.1 Å². The first kappa shape index (κ1) is 12.0. The van der Waals surface area contributed by atoms with Gasteiger partial charge in [-0.1, -0.05) is 12.1 Å². The van der Waals surface area contributed by atoms with Gasteiger partial charge in [-0.15, -0.1) is 0 Å². The summed E-state index contributed by atoms with van der Waals surface area (Å²) in [6, 6.07) is 3.80. The Morgan fingerprint density at radius 2 is 2.07 bits per heavy atom. The maximum Gasteiger partial charge on any atom is 0.125 e. The molecule has 0 fully saturated rings. The Labute approximate surface area is 90.2 Å². The average Bonchev–Trinajstić information content (AvgIpc) is 2.17. The van der Waals surface area contributed by atoms with Gasteiger partial charge in [-0.25, -0.2) is 5.90 Å². The average molecular weight is 210 g/mol. The van der Waals surface area contributed by atoms with Crippen molar-refractivity contribution in [1.82, 2.24) is 4.90 Å². The second-order valence-electron chi connectivity index (χ2n) is 3.92. The molecule has 0 aliphatic rings. The minimum absolute atomic E-state index is 0.229. The fourth-order valence-corrected chi connectivity index (χ4v) is 1.51. The molecule has 0 aliphatic carbocycles. The van der Waals surface area contributed by atoms with E-state index < -0.39 is 0 Å². The molecule has 0 saturated heterocycles. The molecule has 0 unspecified atom stereocenters. The second-order valence-corrected chi connectivity index (χ2v) is 3.92. The van der Waals surface area contributed by atoms with Crippen molar-refractivity contribution in [3.05, 3.63) is 28.8 Å². The van der Waals surface area contributed by atoms with Crippen LogP contribution in [0.4, 0.5) is 0 Å². The first-order valence-electron chi connectivity index (χ1n) is 4.83. The lowest BCUT2D eigenvalue weighted by molar-refractivity contribution is 0.122. The van der Waals surface area contributed by atoms with Crippen molar-refractivity contribution in [2.45, 2.75) is 20.1 Å². The molecule has 84 valence electrons. The van der Waals surface area contributed by atoms with E-state index in [0.29, 0.717) is 6.54 Å². The molecule has 4 heteroatoms. The highest BCUT2D eigenvalue weighted by Crippen LogP contribution is 2.27. The van der Waals surface area contributed by atoms with Crippen LogP contribution < -0.4 is 5.90 Å². The summed E-state index contributed by atoms with van der Waals surface area (Å²) < 4.78 is 0. The number of phenolic OH excluding ortho intramolecular Hbond substituents is 1. The minimum atomic E-state index is 0.229. The molecule has 1 rings (SSSR count). The summed E-state index contributed by atoms with van der Waals surface area (Å²) in [5.41, 5.74) is 2.72. The quantitative estimate of drug-likeness (QED) is 0.732. The number of aryl methyl sites for hydroxylation is 1. The van der Waals surface area contributed by atoms with Crippen LogP contribution in [-0.2, 0) is 18.0 Å². The molecule has 4 nitrogen and oxygen atoms in total. The van der Waals surface area contributed by atoms with Gasteiger partial charge in [0.05, 0.1) is 6.61 Å². The number of nitrogens with two attached hydrogens (primary N) is 1. The van der Waals surface area contributed by atoms with E-state index in [4.69, 9.17) is 5.90 Å². The van der Waals surface area contributed by atoms with E-state index in [0.717, 1.165) is 16.7 Å². The SMILES string of the molecule is Cc1ccc(CON)c(O)c1CN(C)C. The van der Waals surface area contributed by atoms with Gasteiger partial charge in [0.25, 0.3) is 0 Å². The Bertz CT molecular complexity index is 338. The van der Waals surface area contributed by atoms with Crippen LogP contribution in [-0.4, -0.2) is 24.1 Å². The van der Waals surface area contributed by atoms with Gasteiger partial charge < -0.3 is 10.0 Å². The van der Waals surface area contributed by atoms with E-state index in [1.165, 1.54) is 0 Å². The molecule has 3 N–H and O–H groups in total. The highest BCUT2D eigenvalue weighted by Gasteiger charge is 2.10. The highest BCUT2D eigenvalue weighted by molar-refractivity contribution is 5.44. The van der Waals surface area contributed by atoms with Crippen LogP contribution in [0, 0.1) is 6.92 Å². The molecular formula is C11H18N2O2. The number of aromatic hydroxyl groups is 1. The zero-order valence-electron chi connectivity index (χ0n) is 9.45. The third-order valence-electron chi connectivity index (χ3n) is 2.31. The molecule has 1 aromatic rings. The lowest BCUT2D eigenvalue weighted by atomic mass is 10.0. The van der Waals surface area contributed by atoms with E-state index in [9.17, 15) is 5.11 Å². The largest absolute Gasteiger partial charge is 0.507 e. The van der Waals surface area contributed by atoms with Gasteiger partial charge in [0, 0.05) is 17.7 Å². The molecule has 0 heterocycles. The lowest BCUT2D eigenvalue weighted by Crippen LogP contribution is -2.12. The first-order valence-corrected chi connectivity index (χ1v) is 4.83. The van der Waals surface area contributed by atoms with Crippen LogP contribution in [0.25, 0.3) is 0 Å². The Kier molecular flexibility index (Phi) is 4.08. The molecule has 0 atom stereocenters. The third-order valence-corrected chi connectivity index (χ3v) is 2.31. The molecule has 0 saturated carbocycles. The van der Waals surface area contributed by atoms with Gasteiger partial charge in [0.1, 0.15) is 5.75 Å². The van der Waals surface area contributed by atoms with Crippen molar-refractivity contribution < 1.29 is 9.94 Å². The first-order chi connectivity index (χ1) is 7.06. The zero-order chi connectivity index (χ0) is 11.4. The number of hydrogen-bond acceptors (Lipinski definition) is 4. The van der Waals surface area contributed by atoms with Gasteiger partial charge in [-0.3, -0.25) is 4.84 Å². The smallest absolute Gasteiger partial charge is 0.125 e. The van der Waals surface area contributed by atoms with Gasteiger partial charge in [-0.2, -0.15) is 0 Å². The molecule has 0 bridgehead atoms. The summed E-state index contributed by atoms with van der Waals surface area (Å²) >= 11 is 0. The molecule has 0 radical (unpaired) electrons. The van der Waals surface area contributed by atoms with E-state index in [-0.39, 0.29) is 12.4 Å². The van der Waals surface area contributed by atoms with Gasteiger partial charge >= 0.3 is 0 Å². The van der Waals surface area contributed by atoms with Crippen LogP contribution >= 0.6 is 0 Å². The van der Waals surface area contributed by atoms with Crippen molar-refractivity contribution in [2.75, 3.05) is 14.1 Å². The van der Waals surface area contributed by atoms with Crippen LogP contribution in [0.1, 0.15) is 16.7 Å². The molecule has 0 amide bonds. The number of rotatable bonds is 4. The van der Waals surface area contributed by atoms with Crippen LogP contribution in [0.3, 0.4) is 0 Å².